The lowest BCUT2D eigenvalue weighted by molar-refractivity contribution is -0.133. The van der Waals surface area contributed by atoms with E-state index in [1.165, 1.54) is 24.6 Å². The Hall–Kier alpha value is -1.62. The molecule has 1 amide bonds. The highest BCUT2D eigenvalue weighted by molar-refractivity contribution is 5.94. The zero-order chi connectivity index (χ0) is 15.4. The molecule has 4 nitrogen and oxygen atoms in total. The van der Waals surface area contributed by atoms with Crippen LogP contribution in [0.1, 0.15) is 39.5 Å². The molecule has 21 heavy (non-hydrogen) atoms. The summed E-state index contributed by atoms with van der Waals surface area (Å²) in [4.78, 5) is 12.1. The molecule has 0 spiro atoms. The third-order valence-electron chi connectivity index (χ3n) is 4.04. The van der Waals surface area contributed by atoms with Crippen LogP contribution in [0.2, 0.25) is 0 Å². The van der Waals surface area contributed by atoms with Crippen molar-refractivity contribution in [3.05, 3.63) is 24.0 Å². The molecule has 0 bridgehead atoms. The van der Waals surface area contributed by atoms with Crippen LogP contribution in [0.3, 0.4) is 0 Å². The number of nitrogen functional groups attached to an aromatic ring is 1. The van der Waals surface area contributed by atoms with Gasteiger partial charge in [-0.1, -0.05) is 19.8 Å². The van der Waals surface area contributed by atoms with Crippen LogP contribution in [0, 0.1) is 11.7 Å². The Morgan fingerprint density at radius 3 is 2.81 bits per heavy atom. The number of carbonyl (C=O) groups excluding carboxylic acids is 1. The van der Waals surface area contributed by atoms with Crippen LogP contribution in [-0.2, 0) is 9.53 Å². The van der Waals surface area contributed by atoms with Gasteiger partial charge in [0.15, 0.2) is 0 Å². The maximum atomic E-state index is 13.1. The van der Waals surface area contributed by atoms with Gasteiger partial charge in [0.2, 0.25) is 0 Å². The number of benzene rings is 1. The number of amides is 1. The molecule has 0 heterocycles. The van der Waals surface area contributed by atoms with Gasteiger partial charge in [0.1, 0.15) is 11.9 Å². The van der Waals surface area contributed by atoms with E-state index in [9.17, 15) is 9.18 Å². The maximum absolute atomic E-state index is 13.1. The van der Waals surface area contributed by atoms with Crippen molar-refractivity contribution in [3.8, 4) is 0 Å². The molecular formula is C16H23FN2O2. The predicted octanol–water partition coefficient (Wildman–Crippen LogP) is 3.33. The van der Waals surface area contributed by atoms with Crippen LogP contribution in [0.25, 0.3) is 0 Å². The van der Waals surface area contributed by atoms with E-state index in [0.717, 1.165) is 19.3 Å². The number of nitrogens with one attached hydrogen (secondary N) is 1. The molecule has 1 aromatic rings. The lowest BCUT2D eigenvalue weighted by Gasteiger charge is -2.30. The summed E-state index contributed by atoms with van der Waals surface area (Å²) in [5, 5.41) is 2.70. The van der Waals surface area contributed by atoms with Gasteiger partial charge < -0.3 is 15.8 Å². The highest BCUT2D eigenvalue weighted by Gasteiger charge is 2.26. The topological polar surface area (TPSA) is 64.3 Å². The SMILES string of the molecule is CC(OC1CCCCC1C)C(=O)Nc1ccc(F)c(N)c1. The van der Waals surface area contributed by atoms with Gasteiger partial charge in [-0.05, 0) is 43.9 Å². The minimum absolute atomic E-state index is 0.0160. The van der Waals surface area contributed by atoms with Crippen molar-refractivity contribution in [1.82, 2.24) is 0 Å². The minimum atomic E-state index is -0.540. The van der Waals surface area contributed by atoms with Gasteiger partial charge in [0.25, 0.3) is 5.91 Å². The Morgan fingerprint density at radius 1 is 1.43 bits per heavy atom. The fraction of sp³-hybridized carbons (Fsp3) is 0.562. The van der Waals surface area contributed by atoms with Crippen molar-refractivity contribution in [3.63, 3.8) is 0 Å². The van der Waals surface area contributed by atoms with E-state index in [-0.39, 0.29) is 17.7 Å². The third-order valence-corrected chi connectivity index (χ3v) is 4.04. The Labute approximate surface area is 124 Å². The summed E-state index contributed by atoms with van der Waals surface area (Å²) < 4.78 is 19.0. The molecule has 1 saturated carbocycles. The fourth-order valence-electron chi connectivity index (χ4n) is 2.67. The first-order chi connectivity index (χ1) is 9.97. The summed E-state index contributed by atoms with van der Waals surface area (Å²) in [6.07, 6.45) is 4.13. The highest BCUT2D eigenvalue weighted by atomic mass is 19.1. The molecule has 3 atom stereocenters. The summed E-state index contributed by atoms with van der Waals surface area (Å²) in [5.74, 6) is -0.248. The summed E-state index contributed by atoms with van der Waals surface area (Å²) in [5.41, 5.74) is 5.98. The van der Waals surface area contributed by atoms with Crippen LogP contribution in [-0.4, -0.2) is 18.1 Å². The van der Waals surface area contributed by atoms with E-state index in [1.54, 1.807) is 6.92 Å². The van der Waals surface area contributed by atoms with Crippen LogP contribution in [0.15, 0.2) is 18.2 Å². The predicted molar refractivity (Wildman–Crippen MR) is 81.4 cm³/mol. The second-order valence-corrected chi connectivity index (χ2v) is 5.80. The second kappa shape index (κ2) is 6.89. The van der Waals surface area contributed by atoms with E-state index < -0.39 is 11.9 Å². The molecule has 2 rings (SSSR count). The van der Waals surface area contributed by atoms with Gasteiger partial charge in [-0.25, -0.2) is 4.39 Å². The Morgan fingerprint density at radius 2 is 2.14 bits per heavy atom. The lowest BCUT2D eigenvalue weighted by atomic mass is 9.88. The number of ether oxygens (including phenoxy) is 1. The maximum Gasteiger partial charge on any atom is 0.253 e. The standard InChI is InChI=1S/C16H23FN2O2/c1-10-5-3-4-6-15(10)21-11(2)16(20)19-12-7-8-13(17)14(18)9-12/h7-11,15H,3-6,18H2,1-2H3,(H,19,20). The van der Waals surface area contributed by atoms with Gasteiger partial charge in [-0.15, -0.1) is 0 Å². The minimum Gasteiger partial charge on any atom is -0.396 e. The van der Waals surface area contributed by atoms with Crippen molar-refractivity contribution in [2.75, 3.05) is 11.1 Å². The monoisotopic (exact) mass is 294 g/mol. The molecule has 0 aliphatic heterocycles. The van der Waals surface area contributed by atoms with Gasteiger partial charge in [0, 0.05) is 5.69 Å². The molecule has 1 aliphatic rings. The lowest BCUT2D eigenvalue weighted by Crippen LogP contribution is -2.35. The van der Waals surface area contributed by atoms with Gasteiger partial charge in [-0.3, -0.25) is 4.79 Å². The Balaban J connectivity index is 1.91. The first kappa shape index (κ1) is 15.8. The number of hydrogen-bond donors (Lipinski definition) is 2. The molecule has 1 aromatic carbocycles. The first-order valence-corrected chi connectivity index (χ1v) is 7.48. The molecule has 116 valence electrons. The summed E-state index contributed by atoms with van der Waals surface area (Å²) in [6.45, 7) is 3.90. The summed E-state index contributed by atoms with van der Waals surface area (Å²) >= 11 is 0. The summed E-state index contributed by atoms with van der Waals surface area (Å²) in [7, 11) is 0. The zero-order valence-corrected chi connectivity index (χ0v) is 12.6. The number of nitrogens with two attached hydrogens (primary N) is 1. The van der Waals surface area contributed by atoms with Crippen LogP contribution in [0.5, 0.6) is 0 Å². The van der Waals surface area contributed by atoms with Crippen molar-refractivity contribution in [2.24, 2.45) is 5.92 Å². The van der Waals surface area contributed by atoms with Gasteiger partial charge >= 0.3 is 0 Å². The molecule has 3 unspecified atom stereocenters. The first-order valence-electron chi connectivity index (χ1n) is 7.48. The molecule has 0 aromatic heterocycles. The van der Waals surface area contributed by atoms with Crippen LogP contribution >= 0.6 is 0 Å². The quantitative estimate of drug-likeness (QED) is 0.837. The van der Waals surface area contributed by atoms with E-state index in [1.807, 2.05) is 0 Å². The number of hydrogen-bond acceptors (Lipinski definition) is 3. The van der Waals surface area contributed by atoms with Crippen molar-refractivity contribution >= 4 is 17.3 Å². The molecule has 0 radical (unpaired) electrons. The van der Waals surface area contributed by atoms with E-state index in [2.05, 4.69) is 12.2 Å². The molecule has 0 saturated heterocycles. The third kappa shape index (κ3) is 4.17. The van der Waals surface area contributed by atoms with Crippen LogP contribution in [0.4, 0.5) is 15.8 Å². The van der Waals surface area contributed by atoms with Gasteiger partial charge in [-0.2, -0.15) is 0 Å². The summed E-state index contributed by atoms with van der Waals surface area (Å²) in [6, 6.07) is 4.13. The average molecular weight is 294 g/mol. The normalized spacial score (nSPS) is 23.6. The van der Waals surface area contributed by atoms with Crippen LogP contribution < -0.4 is 11.1 Å². The smallest absolute Gasteiger partial charge is 0.253 e. The number of rotatable bonds is 4. The molecule has 1 aliphatic carbocycles. The van der Waals surface area contributed by atoms with E-state index in [4.69, 9.17) is 10.5 Å². The second-order valence-electron chi connectivity index (χ2n) is 5.80. The van der Waals surface area contributed by atoms with E-state index in [0.29, 0.717) is 11.6 Å². The van der Waals surface area contributed by atoms with Crippen molar-refractivity contribution < 1.29 is 13.9 Å². The van der Waals surface area contributed by atoms with Crippen molar-refractivity contribution in [2.45, 2.75) is 51.7 Å². The highest BCUT2D eigenvalue weighted by Crippen LogP contribution is 2.27. The molecule has 3 N–H and O–H groups in total. The Bertz CT molecular complexity index is 507. The van der Waals surface area contributed by atoms with Crippen molar-refractivity contribution in [1.29, 1.82) is 0 Å². The average Bonchev–Trinajstić information content (AvgIpc) is 2.45. The Kier molecular flexibility index (Phi) is 5.17. The largest absolute Gasteiger partial charge is 0.396 e. The number of anilines is 2. The van der Waals surface area contributed by atoms with Gasteiger partial charge in [0.05, 0.1) is 11.8 Å². The molecule has 5 heteroatoms. The molecular weight excluding hydrogens is 271 g/mol. The zero-order valence-electron chi connectivity index (χ0n) is 12.6. The molecule has 1 fully saturated rings. The number of carbonyl (C=O) groups is 1. The van der Waals surface area contributed by atoms with E-state index >= 15 is 0 Å². The number of halogens is 1. The fourth-order valence-corrected chi connectivity index (χ4v) is 2.67.